The maximum atomic E-state index is 11.2. The van der Waals surface area contributed by atoms with Gasteiger partial charge in [-0.3, -0.25) is 4.79 Å². The van der Waals surface area contributed by atoms with Crippen molar-refractivity contribution in [3.8, 4) is 0 Å². The molecule has 3 heteroatoms. The van der Waals surface area contributed by atoms with Crippen molar-refractivity contribution in [2.75, 3.05) is 20.1 Å². The van der Waals surface area contributed by atoms with Crippen LogP contribution in [0.1, 0.15) is 8.29 Å². The van der Waals surface area contributed by atoms with Gasteiger partial charge in [0.25, 0.3) is 0 Å². The highest BCUT2D eigenvalue weighted by Gasteiger charge is 2.13. The summed E-state index contributed by atoms with van der Waals surface area (Å²) >= 11 is 0. The molecule has 10 heavy (non-hydrogen) atoms. The molecule has 3 nitrogen and oxygen atoms in total. The smallest absolute Gasteiger partial charge is 0.246 e. The molecule has 0 spiro atoms. The standard InChI is InChI=1S/C7H12N2O/c1-3-9-5-4-8(2)6-7(9)10/h4-5H,3,6H2,1-2H3/i6D. The fraction of sp³-hybridized carbons (Fsp3) is 0.571. The summed E-state index contributed by atoms with van der Waals surface area (Å²) in [6.45, 7) is 1.76. The summed E-state index contributed by atoms with van der Waals surface area (Å²) in [7, 11) is 1.72. The van der Waals surface area contributed by atoms with Crippen molar-refractivity contribution in [2.24, 2.45) is 0 Å². The summed E-state index contributed by atoms with van der Waals surface area (Å²) in [5, 5.41) is 0. The number of rotatable bonds is 1. The largest absolute Gasteiger partial charge is 0.370 e. The van der Waals surface area contributed by atoms with Gasteiger partial charge in [-0.05, 0) is 6.92 Å². The lowest BCUT2D eigenvalue weighted by atomic mass is 10.4. The molecule has 1 aliphatic rings. The lowest BCUT2D eigenvalue weighted by Gasteiger charge is -2.25. The maximum absolute atomic E-state index is 11.2. The molecule has 56 valence electrons. The minimum absolute atomic E-state index is 0.155. The first-order chi connectivity index (χ1) is 5.16. The van der Waals surface area contributed by atoms with E-state index >= 15 is 0 Å². The van der Waals surface area contributed by atoms with Crippen molar-refractivity contribution in [1.29, 1.82) is 0 Å². The number of nitrogens with zero attached hydrogens (tertiary/aromatic N) is 2. The van der Waals surface area contributed by atoms with Crippen molar-refractivity contribution < 1.29 is 6.17 Å². The van der Waals surface area contributed by atoms with Gasteiger partial charge in [-0.1, -0.05) is 0 Å². The van der Waals surface area contributed by atoms with E-state index in [0.717, 1.165) is 0 Å². The zero-order valence-corrected chi connectivity index (χ0v) is 6.24. The second-order valence-corrected chi connectivity index (χ2v) is 2.22. The molecule has 1 rings (SSSR count). The molecule has 0 fully saturated rings. The van der Waals surface area contributed by atoms with Crippen molar-refractivity contribution in [3.05, 3.63) is 12.4 Å². The maximum Gasteiger partial charge on any atom is 0.246 e. The number of hydrogen-bond acceptors (Lipinski definition) is 2. The van der Waals surface area contributed by atoms with E-state index in [-0.39, 0.29) is 5.91 Å². The molecule has 0 aromatic carbocycles. The van der Waals surface area contributed by atoms with Gasteiger partial charge >= 0.3 is 0 Å². The van der Waals surface area contributed by atoms with Gasteiger partial charge in [-0.15, -0.1) is 0 Å². The molecule has 0 aromatic rings. The second kappa shape index (κ2) is 2.73. The van der Waals surface area contributed by atoms with Gasteiger partial charge in [-0.2, -0.15) is 0 Å². The first-order valence-electron chi connectivity index (χ1n) is 3.87. The Bertz CT molecular complexity index is 193. The fourth-order valence-corrected chi connectivity index (χ4v) is 0.812. The van der Waals surface area contributed by atoms with E-state index in [4.69, 9.17) is 1.37 Å². The molecule has 1 unspecified atom stereocenters. The van der Waals surface area contributed by atoms with Gasteiger partial charge in [-0.25, -0.2) is 0 Å². The van der Waals surface area contributed by atoms with Crippen molar-refractivity contribution in [2.45, 2.75) is 6.92 Å². The van der Waals surface area contributed by atoms with E-state index < -0.39 is 6.52 Å². The van der Waals surface area contributed by atoms with E-state index in [1.54, 1.807) is 24.3 Å². The first kappa shape index (κ1) is 5.77. The number of carbonyl (C=O) groups excluding carboxylic acids is 1. The quantitative estimate of drug-likeness (QED) is 0.522. The number of likely N-dealkylation sites (N-methyl/N-ethyl adjacent to an activating group) is 2. The lowest BCUT2D eigenvalue weighted by Crippen LogP contribution is -2.37. The molecule has 0 N–H and O–H groups in total. The molecule has 1 aliphatic heterocycles. The summed E-state index contributed by atoms with van der Waals surface area (Å²) < 4.78 is 7.40. The summed E-state index contributed by atoms with van der Waals surface area (Å²) in [5.41, 5.74) is 0. The summed E-state index contributed by atoms with van der Waals surface area (Å²) in [5.74, 6) is -0.155. The van der Waals surface area contributed by atoms with E-state index in [9.17, 15) is 4.79 Å². The van der Waals surface area contributed by atoms with Gasteiger partial charge < -0.3 is 9.80 Å². The van der Waals surface area contributed by atoms with E-state index in [0.29, 0.717) is 6.54 Å². The molecule has 1 atom stereocenters. The lowest BCUT2D eigenvalue weighted by molar-refractivity contribution is -0.129. The molecule has 0 aliphatic carbocycles. The van der Waals surface area contributed by atoms with Crippen LogP contribution >= 0.6 is 0 Å². The fourth-order valence-electron chi connectivity index (χ4n) is 0.812. The van der Waals surface area contributed by atoms with Gasteiger partial charge in [0, 0.05) is 26.0 Å². The molecule has 0 bridgehead atoms. The first-order valence-corrected chi connectivity index (χ1v) is 3.29. The van der Waals surface area contributed by atoms with Crippen LogP contribution in [0.2, 0.25) is 0 Å². The predicted molar refractivity (Wildman–Crippen MR) is 39.2 cm³/mol. The van der Waals surface area contributed by atoms with E-state index in [1.165, 1.54) is 4.90 Å². The normalized spacial score (nSPS) is 27.2. The molecular weight excluding hydrogens is 128 g/mol. The number of hydrogen-bond donors (Lipinski definition) is 0. The molecule has 0 saturated carbocycles. The highest BCUT2D eigenvalue weighted by atomic mass is 16.2. The zero-order valence-electron chi connectivity index (χ0n) is 7.24. The van der Waals surface area contributed by atoms with Crippen LogP contribution in [0.25, 0.3) is 0 Å². The molecule has 0 saturated heterocycles. The predicted octanol–water partition coefficient (Wildman–Crippen LogP) is 0.252. The van der Waals surface area contributed by atoms with Crippen molar-refractivity contribution >= 4 is 5.91 Å². The Morgan fingerprint density at radius 1 is 1.80 bits per heavy atom. The van der Waals surface area contributed by atoms with Crippen LogP contribution in [-0.2, 0) is 4.79 Å². The van der Waals surface area contributed by atoms with Crippen molar-refractivity contribution in [1.82, 2.24) is 9.80 Å². The molecule has 1 heterocycles. The minimum Gasteiger partial charge on any atom is -0.370 e. The number of amides is 1. The van der Waals surface area contributed by atoms with Gasteiger partial charge in [0.2, 0.25) is 5.91 Å². The third kappa shape index (κ3) is 1.29. The SMILES string of the molecule is [2H]C1C(=O)N(CC)C=CN1C. The van der Waals surface area contributed by atoms with Gasteiger partial charge in [0.1, 0.15) is 0 Å². The topological polar surface area (TPSA) is 23.6 Å². The van der Waals surface area contributed by atoms with Crippen molar-refractivity contribution in [3.63, 3.8) is 0 Å². The summed E-state index contributed by atoms with van der Waals surface area (Å²) in [4.78, 5) is 14.3. The third-order valence-corrected chi connectivity index (χ3v) is 1.42. The van der Waals surface area contributed by atoms with Crippen LogP contribution in [0.4, 0.5) is 0 Å². The van der Waals surface area contributed by atoms with Crippen LogP contribution < -0.4 is 0 Å². The molecule has 0 radical (unpaired) electrons. The van der Waals surface area contributed by atoms with E-state index in [2.05, 4.69) is 0 Å². The Morgan fingerprint density at radius 3 is 3.10 bits per heavy atom. The Hall–Kier alpha value is -0.990. The highest BCUT2D eigenvalue weighted by molar-refractivity contribution is 5.80. The zero-order chi connectivity index (χ0) is 8.43. The van der Waals surface area contributed by atoms with Crippen LogP contribution in [0.15, 0.2) is 12.4 Å². The Morgan fingerprint density at radius 2 is 2.50 bits per heavy atom. The van der Waals surface area contributed by atoms with Crippen LogP contribution in [0, 0.1) is 0 Å². The van der Waals surface area contributed by atoms with Gasteiger partial charge in [0.05, 0.1) is 7.89 Å². The third-order valence-electron chi connectivity index (χ3n) is 1.42. The van der Waals surface area contributed by atoms with Crippen LogP contribution in [0.5, 0.6) is 0 Å². The summed E-state index contributed by atoms with van der Waals surface area (Å²) in [6, 6.07) is 0. The Labute approximate surface area is 62.3 Å². The molecule has 1 amide bonds. The minimum atomic E-state index is -0.764. The van der Waals surface area contributed by atoms with Gasteiger partial charge in [0.15, 0.2) is 0 Å². The monoisotopic (exact) mass is 141 g/mol. The molecule has 0 aromatic heterocycles. The number of carbonyl (C=O) groups is 1. The second-order valence-electron chi connectivity index (χ2n) is 2.22. The Balaban J connectivity index is 2.76. The Kier molecular flexibility index (Phi) is 1.57. The van der Waals surface area contributed by atoms with E-state index in [1.807, 2.05) is 6.92 Å². The average Bonchev–Trinajstić information content (AvgIpc) is 2.01. The van der Waals surface area contributed by atoms with Crippen LogP contribution in [-0.4, -0.2) is 35.8 Å². The summed E-state index contributed by atoms with van der Waals surface area (Å²) in [6.07, 6.45) is 3.44. The average molecular weight is 141 g/mol. The van der Waals surface area contributed by atoms with Crippen LogP contribution in [0.3, 0.4) is 0 Å². The molecular formula is C7H12N2O. The highest BCUT2D eigenvalue weighted by Crippen LogP contribution is 2.00.